The Balaban J connectivity index is 1.82. The van der Waals surface area contributed by atoms with E-state index in [1.807, 2.05) is 6.20 Å². The van der Waals surface area contributed by atoms with Crippen LogP contribution in [-0.4, -0.2) is 4.98 Å². The lowest BCUT2D eigenvalue weighted by Crippen LogP contribution is -1.94. The summed E-state index contributed by atoms with van der Waals surface area (Å²) in [6, 6.07) is 16.2. The highest BCUT2D eigenvalue weighted by atomic mass is 14.7. The fraction of sp³-hybridized carbons (Fsp3) is 0.375. The standard InChI is InChI=1S/C24H27N/c1-3-17-13-18(4-2)15-22(14-17)24-23-10-9-20(19-7-5-6-8-19)16-21(23)11-12-25-24/h9-16,19H,3-8H2,1-2H3. The molecule has 0 bridgehead atoms. The molecule has 128 valence electrons. The summed E-state index contributed by atoms with van der Waals surface area (Å²) in [6.07, 6.45) is 9.57. The van der Waals surface area contributed by atoms with Crippen molar-refractivity contribution in [3.8, 4) is 11.3 Å². The molecule has 0 atom stereocenters. The lowest BCUT2D eigenvalue weighted by Gasteiger charge is -2.13. The molecule has 1 heteroatoms. The number of hydrogen-bond acceptors (Lipinski definition) is 1. The number of rotatable bonds is 4. The van der Waals surface area contributed by atoms with E-state index in [9.17, 15) is 0 Å². The van der Waals surface area contributed by atoms with Crippen molar-refractivity contribution in [1.29, 1.82) is 0 Å². The smallest absolute Gasteiger partial charge is 0.0780 e. The predicted octanol–water partition coefficient (Wildman–Crippen LogP) is 6.68. The summed E-state index contributed by atoms with van der Waals surface area (Å²) in [5.74, 6) is 0.760. The van der Waals surface area contributed by atoms with Gasteiger partial charge in [0.2, 0.25) is 0 Å². The van der Waals surface area contributed by atoms with Crippen LogP contribution in [0.2, 0.25) is 0 Å². The van der Waals surface area contributed by atoms with E-state index in [2.05, 4.69) is 56.3 Å². The van der Waals surface area contributed by atoms with E-state index in [0.717, 1.165) is 24.5 Å². The van der Waals surface area contributed by atoms with Gasteiger partial charge in [0, 0.05) is 17.1 Å². The van der Waals surface area contributed by atoms with Crippen LogP contribution >= 0.6 is 0 Å². The molecular weight excluding hydrogens is 302 g/mol. The van der Waals surface area contributed by atoms with Crippen molar-refractivity contribution in [2.24, 2.45) is 0 Å². The molecule has 1 aromatic heterocycles. The average molecular weight is 329 g/mol. The van der Waals surface area contributed by atoms with Crippen molar-refractivity contribution in [2.45, 2.75) is 58.3 Å². The molecule has 25 heavy (non-hydrogen) atoms. The van der Waals surface area contributed by atoms with Crippen molar-refractivity contribution in [1.82, 2.24) is 4.98 Å². The SMILES string of the molecule is CCc1cc(CC)cc(-c2nccc3cc(C4CCCC4)ccc23)c1. The van der Waals surface area contributed by atoms with Gasteiger partial charge in [-0.1, -0.05) is 51.0 Å². The van der Waals surface area contributed by atoms with Crippen molar-refractivity contribution in [3.05, 3.63) is 65.4 Å². The number of benzene rings is 2. The summed E-state index contributed by atoms with van der Waals surface area (Å²) >= 11 is 0. The van der Waals surface area contributed by atoms with Crippen LogP contribution < -0.4 is 0 Å². The molecule has 3 aromatic rings. The Morgan fingerprint density at radius 1 is 0.880 bits per heavy atom. The van der Waals surface area contributed by atoms with Crippen LogP contribution in [0.5, 0.6) is 0 Å². The molecule has 0 spiro atoms. The third-order valence-electron chi connectivity index (χ3n) is 5.76. The predicted molar refractivity (Wildman–Crippen MR) is 107 cm³/mol. The molecule has 1 aliphatic carbocycles. The normalized spacial score (nSPS) is 15.1. The van der Waals surface area contributed by atoms with Gasteiger partial charge in [0.25, 0.3) is 0 Å². The van der Waals surface area contributed by atoms with E-state index >= 15 is 0 Å². The molecule has 1 aliphatic rings. The molecule has 1 saturated carbocycles. The van der Waals surface area contributed by atoms with Crippen LogP contribution in [0.15, 0.2) is 48.7 Å². The van der Waals surface area contributed by atoms with Gasteiger partial charge in [-0.05, 0) is 71.9 Å². The third-order valence-corrected chi connectivity index (χ3v) is 5.76. The van der Waals surface area contributed by atoms with Gasteiger partial charge < -0.3 is 0 Å². The first kappa shape index (κ1) is 16.3. The van der Waals surface area contributed by atoms with Crippen LogP contribution in [0.4, 0.5) is 0 Å². The van der Waals surface area contributed by atoms with Gasteiger partial charge in [0.05, 0.1) is 5.69 Å². The van der Waals surface area contributed by atoms with E-state index in [1.165, 1.54) is 58.7 Å². The second kappa shape index (κ2) is 7.00. The lowest BCUT2D eigenvalue weighted by molar-refractivity contribution is 0.724. The highest BCUT2D eigenvalue weighted by Crippen LogP contribution is 2.36. The van der Waals surface area contributed by atoms with E-state index in [4.69, 9.17) is 4.98 Å². The van der Waals surface area contributed by atoms with Gasteiger partial charge >= 0.3 is 0 Å². The maximum absolute atomic E-state index is 4.76. The van der Waals surface area contributed by atoms with Gasteiger partial charge in [-0.15, -0.1) is 0 Å². The van der Waals surface area contributed by atoms with E-state index < -0.39 is 0 Å². The average Bonchev–Trinajstić information content (AvgIpc) is 3.21. The summed E-state index contributed by atoms with van der Waals surface area (Å²) < 4.78 is 0. The molecule has 1 nitrogen and oxygen atoms in total. The van der Waals surface area contributed by atoms with Crippen molar-refractivity contribution < 1.29 is 0 Å². The lowest BCUT2D eigenvalue weighted by atomic mass is 9.93. The van der Waals surface area contributed by atoms with E-state index in [0.29, 0.717) is 0 Å². The summed E-state index contributed by atoms with van der Waals surface area (Å²) in [6.45, 7) is 4.45. The monoisotopic (exact) mass is 329 g/mol. The quantitative estimate of drug-likeness (QED) is 0.520. The minimum Gasteiger partial charge on any atom is -0.256 e. The number of pyridine rings is 1. The van der Waals surface area contributed by atoms with Gasteiger partial charge in [-0.25, -0.2) is 0 Å². The maximum atomic E-state index is 4.76. The number of aromatic nitrogens is 1. The molecule has 1 heterocycles. The third kappa shape index (κ3) is 3.20. The first-order valence-corrected chi connectivity index (χ1v) is 9.80. The zero-order chi connectivity index (χ0) is 17.2. The van der Waals surface area contributed by atoms with Gasteiger partial charge in [-0.2, -0.15) is 0 Å². The number of aryl methyl sites for hydroxylation is 2. The van der Waals surface area contributed by atoms with Crippen molar-refractivity contribution in [2.75, 3.05) is 0 Å². The van der Waals surface area contributed by atoms with Crippen molar-refractivity contribution in [3.63, 3.8) is 0 Å². The van der Waals surface area contributed by atoms with Crippen molar-refractivity contribution >= 4 is 10.8 Å². The molecule has 0 unspecified atom stereocenters. The highest BCUT2D eigenvalue weighted by Gasteiger charge is 2.17. The molecule has 2 aromatic carbocycles. The molecule has 1 fully saturated rings. The Labute approximate surface area is 151 Å². The first-order chi connectivity index (χ1) is 12.3. The molecule has 0 radical (unpaired) electrons. The summed E-state index contributed by atoms with van der Waals surface area (Å²) in [5, 5.41) is 2.61. The first-order valence-electron chi connectivity index (χ1n) is 9.80. The fourth-order valence-electron chi connectivity index (χ4n) is 4.25. The minimum absolute atomic E-state index is 0.760. The van der Waals surface area contributed by atoms with Gasteiger partial charge in [0.15, 0.2) is 0 Å². The van der Waals surface area contributed by atoms with Crippen LogP contribution in [0.3, 0.4) is 0 Å². The summed E-state index contributed by atoms with van der Waals surface area (Å²) in [7, 11) is 0. The Morgan fingerprint density at radius 3 is 2.28 bits per heavy atom. The van der Waals surface area contributed by atoms with Crippen LogP contribution in [0.1, 0.15) is 62.1 Å². The Hall–Kier alpha value is -2.15. The number of hydrogen-bond donors (Lipinski definition) is 0. The molecule has 0 N–H and O–H groups in total. The molecule has 0 aliphatic heterocycles. The topological polar surface area (TPSA) is 12.9 Å². The number of fused-ring (bicyclic) bond motifs is 1. The van der Waals surface area contributed by atoms with E-state index in [-0.39, 0.29) is 0 Å². The fourth-order valence-corrected chi connectivity index (χ4v) is 4.25. The number of nitrogens with zero attached hydrogens (tertiary/aromatic N) is 1. The minimum atomic E-state index is 0.760. The highest BCUT2D eigenvalue weighted by molar-refractivity contribution is 5.95. The zero-order valence-corrected chi connectivity index (χ0v) is 15.4. The summed E-state index contributed by atoms with van der Waals surface area (Å²) in [5.41, 5.74) is 6.70. The van der Waals surface area contributed by atoms with Crippen LogP contribution in [0, 0.1) is 0 Å². The van der Waals surface area contributed by atoms with Crippen LogP contribution in [0.25, 0.3) is 22.0 Å². The van der Waals surface area contributed by atoms with Gasteiger partial charge in [0.1, 0.15) is 0 Å². The Kier molecular flexibility index (Phi) is 4.57. The zero-order valence-electron chi connectivity index (χ0n) is 15.4. The second-order valence-corrected chi connectivity index (χ2v) is 7.37. The largest absolute Gasteiger partial charge is 0.256 e. The Morgan fingerprint density at radius 2 is 1.60 bits per heavy atom. The second-order valence-electron chi connectivity index (χ2n) is 7.37. The maximum Gasteiger partial charge on any atom is 0.0780 e. The molecular formula is C24H27N. The molecule has 0 amide bonds. The Bertz CT molecular complexity index is 865. The molecule has 4 rings (SSSR count). The summed E-state index contributed by atoms with van der Waals surface area (Å²) in [4.78, 5) is 4.76. The molecule has 0 saturated heterocycles. The van der Waals surface area contributed by atoms with E-state index in [1.54, 1.807) is 0 Å². The van der Waals surface area contributed by atoms with Gasteiger partial charge in [-0.3, -0.25) is 4.98 Å². The van der Waals surface area contributed by atoms with Crippen LogP contribution in [-0.2, 0) is 12.8 Å².